The number of hydrogen-bond acceptors (Lipinski definition) is 8. The number of carbonyl (C=O) groups is 2. The van der Waals surface area contributed by atoms with E-state index in [4.69, 9.17) is 4.74 Å². The standard InChI is InChI=1S/C32H30FN7O4/c1-44-28-19-23(31(42)38-14-16-39(43)17-15-38)6-12-27(28)35-32-36-29-13-7-24(20-40(29)37-32)22-4-10-26(11-5-22)34-30(41)18-21-2-8-25(33)9-3-21/h2-13,19-20,43H,14-18H2,1H3,(H,34,41)(H,35,37). The van der Waals surface area contributed by atoms with E-state index in [2.05, 4.69) is 20.7 Å². The molecule has 2 aromatic heterocycles. The first-order chi connectivity index (χ1) is 21.3. The molecule has 0 saturated carbocycles. The van der Waals surface area contributed by atoms with Crippen LogP contribution >= 0.6 is 0 Å². The third-order valence-electron chi connectivity index (χ3n) is 7.35. The highest BCUT2D eigenvalue weighted by Gasteiger charge is 2.22. The number of nitrogens with zero attached hydrogens (tertiary/aromatic N) is 5. The van der Waals surface area contributed by atoms with Gasteiger partial charge in [0, 0.05) is 49.2 Å². The Morgan fingerprint density at radius 2 is 1.66 bits per heavy atom. The van der Waals surface area contributed by atoms with Gasteiger partial charge in [0.15, 0.2) is 5.65 Å². The zero-order valence-corrected chi connectivity index (χ0v) is 23.9. The van der Waals surface area contributed by atoms with Crippen LogP contribution < -0.4 is 15.4 Å². The molecule has 2 amide bonds. The van der Waals surface area contributed by atoms with Gasteiger partial charge in [-0.25, -0.2) is 8.91 Å². The number of rotatable bonds is 8. The van der Waals surface area contributed by atoms with Gasteiger partial charge in [-0.1, -0.05) is 24.3 Å². The van der Waals surface area contributed by atoms with Crippen LogP contribution in [0.25, 0.3) is 16.8 Å². The number of nitrogens with one attached hydrogen (secondary N) is 2. The van der Waals surface area contributed by atoms with Crippen molar-refractivity contribution in [2.24, 2.45) is 0 Å². The number of benzene rings is 3. The molecule has 5 aromatic rings. The number of hydrogen-bond donors (Lipinski definition) is 3. The fourth-order valence-corrected chi connectivity index (χ4v) is 4.98. The summed E-state index contributed by atoms with van der Waals surface area (Å²) >= 11 is 0. The van der Waals surface area contributed by atoms with Crippen LogP contribution in [-0.4, -0.2) is 74.9 Å². The minimum atomic E-state index is -0.337. The molecule has 6 rings (SSSR count). The van der Waals surface area contributed by atoms with Crippen LogP contribution in [0.4, 0.5) is 21.7 Å². The van der Waals surface area contributed by atoms with Gasteiger partial charge in [0.1, 0.15) is 11.6 Å². The van der Waals surface area contributed by atoms with E-state index in [1.807, 2.05) is 42.6 Å². The molecule has 3 N–H and O–H groups in total. The summed E-state index contributed by atoms with van der Waals surface area (Å²) in [5, 5.41) is 21.4. The first-order valence-corrected chi connectivity index (χ1v) is 14.0. The summed E-state index contributed by atoms with van der Waals surface area (Å²) in [4.78, 5) is 31.6. The SMILES string of the molecule is COc1cc(C(=O)N2CCN(O)CC2)ccc1Nc1nc2ccc(-c3ccc(NC(=O)Cc4ccc(F)cc4)cc3)cn2n1. The number of anilines is 3. The van der Waals surface area contributed by atoms with Crippen LogP contribution in [0.5, 0.6) is 5.75 Å². The highest BCUT2D eigenvalue weighted by Crippen LogP contribution is 2.29. The molecule has 0 atom stereocenters. The first kappa shape index (κ1) is 28.8. The van der Waals surface area contributed by atoms with Crippen LogP contribution in [0.3, 0.4) is 0 Å². The second-order valence-corrected chi connectivity index (χ2v) is 10.4. The van der Waals surface area contributed by atoms with E-state index < -0.39 is 0 Å². The Morgan fingerprint density at radius 1 is 0.932 bits per heavy atom. The van der Waals surface area contributed by atoms with Crippen LogP contribution in [-0.2, 0) is 11.2 Å². The number of pyridine rings is 1. The molecule has 0 radical (unpaired) electrons. The Morgan fingerprint density at radius 3 is 2.39 bits per heavy atom. The van der Waals surface area contributed by atoms with Gasteiger partial charge < -0.3 is 25.5 Å². The number of ether oxygens (including phenoxy) is 1. The molecule has 1 saturated heterocycles. The lowest BCUT2D eigenvalue weighted by molar-refractivity contribution is -0.115. The van der Waals surface area contributed by atoms with Crippen LogP contribution in [0.1, 0.15) is 15.9 Å². The molecule has 0 spiro atoms. The van der Waals surface area contributed by atoms with Crippen LogP contribution in [0.15, 0.2) is 85.1 Å². The highest BCUT2D eigenvalue weighted by molar-refractivity contribution is 5.95. The van der Waals surface area contributed by atoms with Crippen molar-refractivity contribution in [3.8, 4) is 16.9 Å². The normalized spacial score (nSPS) is 13.6. The van der Waals surface area contributed by atoms with Gasteiger partial charge in [-0.15, -0.1) is 5.10 Å². The molecule has 3 aromatic carbocycles. The number of aromatic nitrogens is 3. The number of hydroxylamine groups is 2. The molecule has 0 aliphatic carbocycles. The lowest BCUT2D eigenvalue weighted by atomic mass is 10.1. The van der Waals surface area contributed by atoms with E-state index in [0.29, 0.717) is 60.5 Å². The molecular weight excluding hydrogens is 565 g/mol. The number of halogens is 1. The molecule has 11 nitrogen and oxygen atoms in total. The molecule has 1 fully saturated rings. The summed E-state index contributed by atoms with van der Waals surface area (Å²) in [6, 6.07) is 22.3. The molecule has 1 aliphatic rings. The third-order valence-corrected chi connectivity index (χ3v) is 7.35. The Hall–Kier alpha value is -5.33. The Kier molecular flexibility index (Phi) is 8.17. The summed E-state index contributed by atoms with van der Waals surface area (Å²) in [6.45, 7) is 1.72. The predicted molar refractivity (Wildman–Crippen MR) is 163 cm³/mol. The van der Waals surface area contributed by atoms with Crippen molar-refractivity contribution < 1.29 is 23.9 Å². The van der Waals surface area contributed by atoms with Gasteiger partial charge in [-0.05, 0) is 65.7 Å². The van der Waals surface area contributed by atoms with Crippen LogP contribution in [0.2, 0.25) is 0 Å². The average Bonchev–Trinajstić information content (AvgIpc) is 3.44. The summed E-state index contributed by atoms with van der Waals surface area (Å²) in [6.07, 6.45) is 2.01. The predicted octanol–water partition coefficient (Wildman–Crippen LogP) is 4.62. The van der Waals surface area contributed by atoms with E-state index in [-0.39, 0.29) is 24.1 Å². The summed E-state index contributed by atoms with van der Waals surface area (Å²) in [7, 11) is 1.53. The topological polar surface area (TPSA) is 124 Å². The molecule has 0 bridgehead atoms. The zero-order valence-electron chi connectivity index (χ0n) is 23.9. The number of piperazine rings is 1. The van der Waals surface area contributed by atoms with Crippen molar-refractivity contribution in [3.05, 3.63) is 102 Å². The number of methoxy groups -OCH3 is 1. The van der Waals surface area contributed by atoms with Crippen molar-refractivity contribution >= 4 is 34.8 Å². The zero-order chi connectivity index (χ0) is 30.6. The highest BCUT2D eigenvalue weighted by atomic mass is 19.1. The van der Waals surface area contributed by atoms with Gasteiger partial charge in [0.25, 0.3) is 5.91 Å². The molecule has 1 aliphatic heterocycles. The lowest BCUT2D eigenvalue weighted by Gasteiger charge is -2.31. The maximum atomic E-state index is 13.1. The van der Waals surface area contributed by atoms with E-state index in [9.17, 15) is 19.2 Å². The molecule has 0 unspecified atom stereocenters. The molecule has 12 heteroatoms. The van der Waals surface area contributed by atoms with Crippen LogP contribution in [0, 0.1) is 5.82 Å². The number of amides is 2. The van der Waals surface area contributed by atoms with Crippen molar-refractivity contribution in [2.75, 3.05) is 43.9 Å². The van der Waals surface area contributed by atoms with Crippen molar-refractivity contribution in [1.82, 2.24) is 24.6 Å². The smallest absolute Gasteiger partial charge is 0.254 e. The fraction of sp³-hybridized carbons (Fsp3) is 0.188. The Bertz CT molecular complexity index is 1800. The molecule has 224 valence electrons. The van der Waals surface area contributed by atoms with Gasteiger partial charge in [0.05, 0.1) is 19.2 Å². The maximum Gasteiger partial charge on any atom is 0.254 e. The Balaban J connectivity index is 1.12. The lowest BCUT2D eigenvalue weighted by Crippen LogP contribution is -2.47. The minimum Gasteiger partial charge on any atom is -0.495 e. The van der Waals surface area contributed by atoms with E-state index >= 15 is 0 Å². The van der Waals surface area contributed by atoms with Gasteiger partial charge in [-0.2, -0.15) is 10.0 Å². The second kappa shape index (κ2) is 12.5. The number of carbonyl (C=O) groups excluding carboxylic acids is 2. The van der Waals surface area contributed by atoms with Crippen molar-refractivity contribution in [2.45, 2.75) is 6.42 Å². The fourth-order valence-electron chi connectivity index (χ4n) is 4.98. The molecule has 3 heterocycles. The second-order valence-electron chi connectivity index (χ2n) is 10.4. The van der Waals surface area contributed by atoms with Gasteiger partial charge >= 0.3 is 0 Å². The first-order valence-electron chi connectivity index (χ1n) is 14.0. The third kappa shape index (κ3) is 6.51. The molecular formula is C32H30FN7O4. The van der Waals surface area contributed by atoms with Crippen molar-refractivity contribution in [3.63, 3.8) is 0 Å². The molecule has 44 heavy (non-hydrogen) atoms. The van der Waals surface area contributed by atoms with E-state index in [0.717, 1.165) is 16.7 Å². The van der Waals surface area contributed by atoms with Crippen molar-refractivity contribution in [1.29, 1.82) is 0 Å². The Labute approximate surface area is 252 Å². The monoisotopic (exact) mass is 595 g/mol. The summed E-state index contributed by atoms with van der Waals surface area (Å²) < 4.78 is 20.3. The van der Waals surface area contributed by atoms with E-state index in [1.165, 1.54) is 24.3 Å². The summed E-state index contributed by atoms with van der Waals surface area (Å²) in [5.74, 6) is 0.184. The van der Waals surface area contributed by atoms with E-state index in [1.54, 1.807) is 39.7 Å². The quantitative estimate of drug-likeness (QED) is 0.238. The number of fused-ring (bicyclic) bond motifs is 1. The van der Waals surface area contributed by atoms with Gasteiger partial charge in [0.2, 0.25) is 11.9 Å². The summed E-state index contributed by atoms with van der Waals surface area (Å²) in [5.41, 5.74) is 4.95. The average molecular weight is 596 g/mol. The largest absolute Gasteiger partial charge is 0.495 e. The van der Waals surface area contributed by atoms with Gasteiger partial charge in [-0.3, -0.25) is 9.59 Å². The maximum absolute atomic E-state index is 13.1. The minimum absolute atomic E-state index is 0.123.